The first kappa shape index (κ1) is 26.2. The summed E-state index contributed by atoms with van der Waals surface area (Å²) in [6, 6.07) is 22.0. The fraction of sp³-hybridized carbons (Fsp3) is 0.179. The summed E-state index contributed by atoms with van der Waals surface area (Å²) in [6.07, 6.45) is 1.78. The molecule has 0 aromatic heterocycles. The quantitative estimate of drug-likeness (QED) is 0.285. The van der Waals surface area contributed by atoms with Gasteiger partial charge in [-0.15, -0.1) is 0 Å². The molecule has 1 fully saturated rings. The summed E-state index contributed by atoms with van der Waals surface area (Å²) in [6.45, 7) is 2.34. The molecule has 0 unspecified atom stereocenters. The monoisotopic (exact) mass is 533 g/mol. The van der Waals surface area contributed by atoms with Gasteiger partial charge in [-0.05, 0) is 79.2 Å². The topological polar surface area (TPSA) is 71.1 Å². The average Bonchev–Trinajstić information content (AvgIpc) is 3.16. The Morgan fingerprint density at radius 3 is 2.43 bits per heavy atom. The SMILES string of the molecule is CCOc1ccc(NC(=O)COc2cccc(/C=C3\SC(=S)N(c4ccc(N(C)C)cc4)C3=O)c2)cc1. The molecule has 1 saturated heterocycles. The van der Waals surface area contributed by atoms with Gasteiger partial charge in [-0.25, -0.2) is 0 Å². The molecule has 1 aliphatic rings. The standard InChI is InChI=1S/C28H27N3O4S2/c1-4-34-23-14-8-20(9-15-23)29-26(32)18-35-24-7-5-6-19(16-24)17-25-27(33)31(28(36)37-25)22-12-10-21(11-13-22)30(2)3/h5-17H,4,18H2,1-3H3,(H,29,32)/b25-17-. The maximum atomic E-state index is 13.1. The van der Waals surface area contributed by atoms with E-state index in [4.69, 9.17) is 21.7 Å². The Kier molecular flexibility index (Phi) is 8.47. The van der Waals surface area contributed by atoms with Gasteiger partial charge in [0.2, 0.25) is 0 Å². The maximum Gasteiger partial charge on any atom is 0.270 e. The van der Waals surface area contributed by atoms with Crippen molar-refractivity contribution >= 4 is 63.3 Å². The molecule has 1 aliphatic heterocycles. The number of thiocarbonyl (C=S) groups is 1. The molecule has 37 heavy (non-hydrogen) atoms. The van der Waals surface area contributed by atoms with Crippen LogP contribution in [0.25, 0.3) is 6.08 Å². The van der Waals surface area contributed by atoms with Crippen molar-refractivity contribution in [3.05, 3.63) is 83.3 Å². The lowest BCUT2D eigenvalue weighted by atomic mass is 10.2. The van der Waals surface area contributed by atoms with Crippen LogP contribution >= 0.6 is 24.0 Å². The van der Waals surface area contributed by atoms with Gasteiger partial charge in [0.25, 0.3) is 11.8 Å². The van der Waals surface area contributed by atoms with E-state index in [1.54, 1.807) is 42.5 Å². The zero-order chi connectivity index (χ0) is 26.4. The fourth-order valence-corrected chi connectivity index (χ4v) is 4.88. The Bertz CT molecular complexity index is 1320. The van der Waals surface area contributed by atoms with Crippen LogP contribution in [0.3, 0.4) is 0 Å². The molecule has 0 atom stereocenters. The first-order valence-corrected chi connectivity index (χ1v) is 12.9. The van der Waals surface area contributed by atoms with Crippen LogP contribution in [0.5, 0.6) is 11.5 Å². The van der Waals surface area contributed by atoms with E-state index < -0.39 is 0 Å². The third kappa shape index (κ3) is 6.69. The van der Waals surface area contributed by atoms with Crippen molar-refractivity contribution in [3.8, 4) is 11.5 Å². The minimum Gasteiger partial charge on any atom is -0.494 e. The summed E-state index contributed by atoms with van der Waals surface area (Å²) >= 11 is 6.74. The summed E-state index contributed by atoms with van der Waals surface area (Å²) < 4.78 is 11.6. The lowest BCUT2D eigenvalue weighted by molar-refractivity contribution is -0.118. The lowest BCUT2D eigenvalue weighted by Crippen LogP contribution is -2.27. The molecule has 0 bridgehead atoms. The molecule has 0 aliphatic carbocycles. The van der Waals surface area contributed by atoms with Gasteiger partial charge in [0.1, 0.15) is 11.5 Å². The van der Waals surface area contributed by atoms with Crippen LogP contribution in [0.1, 0.15) is 12.5 Å². The lowest BCUT2D eigenvalue weighted by Gasteiger charge is -2.17. The van der Waals surface area contributed by atoms with E-state index in [1.165, 1.54) is 16.7 Å². The molecule has 1 heterocycles. The second kappa shape index (κ2) is 11.9. The number of carbonyl (C=O) groups excluding carboxylic acids is 2. The van der Waals surface area contributed by atoms with Gasteiger partial charge in [-0.2, -0.15) is 0 Å². The summed E-state index contributed by atoms with van der Waals surface area (Å²) in [4.78, 5) is 29.5. The van der Waals surface area contributed by atoms with Gasteiger partial charge in [0.05, 0.1) is 17.2 Å². The second-order valence-electron chi connectivity index (χ2n) is 8.29. The van der Waals surface area contributed by atoms with Crippen molar-refractivity contribution in [2.24, 2.45) is 0 Å². The highest BCUT2D eigenvalue weighted by molar-refractivity contribution is 8.27. The smallest absolute Gasteiger partial charge is 0.270 e. The van der Waals surface area contributed by atoms with Crippen molar-refractivity contribution in [1.29, 1.82) is 0 Å². The molecule has 9 heteroatoms. The highest BCUT2D eigenvalue weighted by Gasteiger charge is 2.33. The second-order valence-corrected chi connectivity index (χ2v) is 9.97. The zero-order valence-corrected chi connectivity index (χ0v) is 22.4. The molecule has 0 radical (unpaired) electrons. The number of nitrogens with zero attached hydrogens (tertiary/aromatic N) is 2. The maximum absolute atomic E-state index is 13.1. The number of hydrogen-bond donors (Lipinski definition) is 1. The van der Waals surface area contributed by atoms with Crippen LogP contribution in [0.15, 0.2) is 77.7 Å². The minimum absolute atomic E-state index is 0.151. The van der Waals surface area contributed by atoms with Crippen LogP contribution in [0, 0.1) is 0 Å². The molecule has 3 aromatic carbocycles. The van der Waals surface area contributed by atoms with Gasteiger partial charge in [0.15, 0.2) is 10.9 Å². The van der Waals surface area contributed by atoms with E-state index in [0.717, 1.165) is 22.7 Å². The molecule has 7 nitrogen and oxygen atoms in total. The normalized spacial score (nSPS) is 14.1. The third-order valence-corrected chi connectivity index (χ3v) is 6.70. The molecule has 2 amide bonds. The van der Waals surface area contributed by atoms with E-state index in [9.17, 15) is 9.59 Å². The molecule has 0 saturated carbocycles. The molecular formula is C28H27N3O4S2. The van der Waals surface area contributed by atoms with Crippen LogP contribution in [0.2, 0.25) is 0 Å². The first-order chi connectivity index (χ1) is 17.8. The van der Waals surface area contributed by atoms with Crippen molar-refractivity contribution in [3.63, 3.8) is 0 Å². The van der Waals surface area contributed by atoms with Gasteiger partial charge < -0.3 is 19.7 Å². The number of hydrogen-bond acceptors (Lipinski definition) is 7. The van der Waals surface area contributed by atoms with Gasteiger partial charge in [-0.3, -0.25) is 14.5 Å². The highest BCUT2D eigenvalue weighted by atomic mass is 32.2. The summed E-state index contributed by atoms with van der Waals surface area (Å²) in [5, 5.41) is 2.79. The Morgan fingerprint density at radius 1 is 1.03 bits per heavy atom. The van der Waals surface area contributed by atoms with Gasteiger partial charge in [-0.1, -0.05) is 36.1 Å². The number of amides is 2. The minimum atomic E-state index is -0.282. The Morgan fingerprint density at radius 2 is 1.76 bits per heavy atom. The fourth-order valence-electron chi connectivity index (χ4n) is 3.58. The predicted octanol–water partition coefficient (Wildman–Crippen LogP) is 5.57. The molecule has 4 rings (SSSR count). The van der Waals surface area contributed by atoms with E-state index >= 15 is 0 Å². The number of nitrogens with one attached hydrogen (secondary N) is 1. The Labute approximate surface area is 226 Å². The van der Waals surface area contributed by atoms with Crippen molar-refractivity contribution in [2.45, 2.75) is 6.92 Å². The summed E-state index contributed by atoms with van der Waals surface area (Å²) in [7, 11) is 3.92. The van der Waals surface area contributed by atoms with Crippen molar-refractivity contribution in [2.75, 3.05) is 42.4 Å². The van der Waals surface area contributed by atoms with E-state index in [2.05, 4.69) is 5.32 Å². The highest BCUT2D eigenvalue weighted by Crippen LogP contribution is 2.36. The summed E-state index contributed by atoms with van der Waals surface area (Å²) in [5.41, 5.74) is 3.19. The van der Waals surface area contributed by atoms with Gasteiger partial charge in [0, 0.05) is 25.5 Å². The Balaban J connectivity index is 1.38. The van der Waals surface area contributed by atoms with Crippen molar-refractivity contribution < 1.29 is 19.1 Å². The Hall–Kier alpha value is -3.82. The van der Waals surface area contributed by atoms with Crippen LogP contribution in [-0.4, -0.2) is 43.4 Å². The molecule has 0 spiro atoms. The van der Waals surface area contributed by atoms with E-state index in [1.807, 2.05) is 62.3 Å². The van der Waals surface area contributed by atoms with Gasteiger partial charge >= 0.3 is 0 Å². The third-order valence-electron chi connectivity index (χ3n) is 5.39. The van der Waals surface area contributed by atoms with Crippen LogP contribution < -0.4 is 24.6 Å². The number of rotatable bonds is 9. The molecule has 1 N–H and O–H groups in total. The van der Waals surface area contributed by atoms with Crippen molar-refractivity contribution in [1.82, 2.24) is 0 Å². The number of carbonyl (C=O) groups is 2. The first-order valence-electron chi connectivity index (χ1n) is 11.6. The van der Waals surface area contributed by atoms with E-state index in [0.29, 0.717) is 27.3 Å². The molecular weight excluding hydrogens is 506 g/mol. The number of benzene rings is 3. The molecule has 190 valence electrons. The molecule has 3 aromatic rings. The van der Waals surface area contributed by atoms with E-state index in [-0.39, 0.29) is 18.4 Å². The van der Waals surface area contributed by atoms with Crippen LogP contribution in [0.4, 0.5) is 17.1 Å². The summed E-state index contributed by atoms with van der Waals surface area (Å²) in [5.74, 6) is 0.808. The number of ether oxygens (including phenoxy) is 2. The van der Waals surface area contributed by atoms with Crippen LogP contribution in [-0.2, 0) is 9.59 Å². The number of thioether (sulfide) groups is 1. The predicted molar refractivity (Wildman–Crippen MR) is 155 cm³/mol. The number of anilines is 3. The largest absolute Gasteiger partial charge is 0.494 e. The zero-order valence-electron chi connectivity index (χ0n) is 20.8. The average molecular weight is 534 g/mol.